The fraction of sp³-hybridized carbons (Fsp3) is 0.636. The van der Waals surface area contributed by atoms with Gasteiger partial charge in [0, 0.05) is 6.42 Å². The Bertz CT molecular complexity index is 241. The Labute approximate surface area is 101 Å². The second-order valence-electron chi connectivity index (χ2n) is 3.28. The number of carbonyl (C=O) groups is 2. The van der Waals surface area contributed by atoms with Crippen LogP contribution in [0.3, 0.4) is 0 Å². The summed E-state index contributed by atoms with van der Waals surface area (Å²) in [7, 11) is 0. The molecule has 16 heavy (non-hydrogen) atoms. The van der Waals surface area contributed by atoms with Gasteiger partial charge in [0.1, 0.15) is 5.78 Å². The molecule has 0 radical (unpaired) electrons. The van der Waals surface area contributed by atoms with E-state index >= 15 is 0 Å². The molecule has 0 aromatic heterocycles. The lowest BCUT2D eigenvalue weighted by molar-refractivity contribution is -0.144. The number of halogens is 1. The summed E-state index contributed by atoms with van der Waals surface area (Å²) in [5, 5.41) is 0. The third-order valence-electron chi connectivity index (χ3n) is 1.89. The zero-order chi connectivity index (χ0) is 12.2. The Balaban J connectivity index is 3.41. The van der Waals surface area contributed by atoms with Gasteiger partial charge >= 0.3 is 5.97 Å². The van der Waals surface area contributed by atoms with Crippen LogP contribution in [-0.4, -0.2) is 24.9 Å². The maximum absolute atomic E-state index is 11.1. The highest BCUT2D eigenvalue weighted by Crippen LogP contribution is 1.97. The van der Waals surface area contributed by atoms with Gasteiger partial charge in [-0.3, -0.25) is 9.59 Å². The molecular weight excluding hydrogens is 230 g/mol. The quantitative estimate of drug-likeness (QED) is 0.293. The first-order chi connectivity index (χ1) is 7.70. The number of carbonyl (C=O) groups excluding carboxylic acids is 2. The Morgan fingerprint density at radius 1 is 1.38 bits per heavy atom. The summed E-state index contributed by atoms with van der Waals surface area (Å²) in [5.74, 6) is -0.427. The first-order valence-electron chi connectivity index (χ1n) is 5.32. The highest BCUT2D eigenvalue weighted by molar-refractivity contribution is 6.14. The van der Waals surface area contributed by atoms with Gasteiger partial charge in [0.25, 0.3) is 0 Å². The fourth-order valence-electron chi connectivity index (χ4n) is 1.03. The van der Waals surface area contributed by atoms with Crippen LogP contribution in [-0.2, 0) is 14.3 Å². The van der Waals surface area contributed by atoms with E-state index in [4.69, 9.17) is 16.5 Å². The molecule has 0 fully saturated rings. The monoisotopic (exact) mass is 247 g/mol. The topological polar surface area (TPSA) is 55.4 Å². The molecule has 0 saturated carbocycles. The molecule has 0 unspecified atom stereocenters. The number of esters is 1. The van der Waals surface area contributed by atoms with E-state index in [2.05, 4.69) is 4.84 Å². The molecule has 0 atom stereocenters. The molecule has 0 aromatic carbocycles. The largest absolute Gasteiger partial charge is 0.466 e. The first-order valence-corrected chi connectivity index (χ1v) is 5.70. The van der Waals surface area contributed by atoms with Crippen LogP contribution in [0.1, 0.15) is 32.6 Å². The minimum atomic E-state index is -0.330. The molecule has 0 rings (SSSR count). The van der Waals surface area contributed by atoms with Gasteiger partial charge in [-0.1, -0.05) is 12.2 Å². The van der Waals surface area contributed by atoms with E-state index < -0.39 is 0 Å². The average Bonchev–Trinajstić information content (AvgIpc) is 2.26. The third kappa shape index (κ3) is 9.68. The molecule has 4 nitrogen and oxygen atoms in total. The fourth-order valence-corrected chi connectivity index (χ4v) is 1.18. The number of rotatable bonds is 9. The molecule has 0 aliphatic rings. The third-order valence-corrected chi connectivity index (χ3v) is 2.02. The Hall–Kier alpha value is -0.870. The molecule has 0 aromatic rings. The molecule has 0 saturated heterocycles. The van der Waals surface area contributed by atoms with Crippen LogP contribution < -0.4 is 4.84 Å². The summed E-state index contributed by atoms with van der Waals surface area (Å²) in [5.41, 5.74) is 0. The van der Waals surface area contributed by atoms with Crippen LogP contribution in [0.5, 0.6) is 0 Å². The Kier molecular flexibility index (Phi) is 10.1. The molecule has 5 heteroatoms. The van der Waals surface area contributed by atoms with Gasteiger partial charge in [-0.15, -0.1) is 0 Å². The minimum Gasteiger partial charge on any atom is -0.466 e. The zero-order valence-electron chi connectivity index (χ0n) is 9.50. The normalized spacial score (nSPS) is 10.6. The second kappa shape index (κ2) is 10.6. The van der Waals surface area contributed by atoms with E-state index in [1.807, 2.05) is 19.1 Å². The average molecular weight is 248 g/mol. The molecule has 0 amide bonds. The van der Waals surface area contributed by atoms with Crippen molar-refractivity contribution in [3.05, 3.63) is 12.2 Å². The summed E-state index contributed by atoms with van der Waals surface area (Å²) in [6, 6.07) is 0. The molecule has 0 aliphatic heterocycles. The van der Waals surface area contributed by atoms with Gasteiger partial charge < -0.3 is 4.74 Å². The highest BCUT2D eigenvalue weighted by atomic mass is 35.5. The molecule has 0 aliphatic carbocycles. The summed E-state index contributed by atoms with van der Waals surface area (Å²) >= 11 is 5.15. The standard InChI is InChI=1S/C11H18ClNO3/c1-2-3-4-5-8-16-11(15)7-6-10(14)9-13-12/h2-3,13H,4-9H2,1H3/b3-2-. The van der Waals surface area contributed by atoms with Crippen LogP contribution in [0, 0.1) is 0 Å². The van der Waals surface area contributed by atoms with E-state index in [0.29, 0.717) is 6.61 Å². The SMILES string of the molecule is C/C=C\CCCOC(=O)CCC(=O)CNCl. The lowest BCUT2D eigenvalue weighted by Gasteiger charge is -2.03. The smallest absolute Gasteiger partial charge is 0.306 e. The summed E-state index contributed by atoms with van der Waals surface area (Å²) in [6.45, 7) is 2.43. The predicted molar refractivity (Wildman–Crippen MR) is 63.1 cm³/mol. The second-order valence-corrected chi connectivity index (χ2v) is 3.55. The number of ketones is 1. The predicted octanol–water partition coefficient (Wildman–Crippen LogP) is 1.98. The Morgan fingerprint density at radius 2 is 2.12 bits per heavy atom. The number of nitrogens with one attached hydrogen (secondary N) is 1. The number of ether oxygens (including phenoxy) is 1. The molecule has 92 valence electrons. The van der Waals surface area contributed by atoms with Gasteiger partial charge in [-0.25, -0.2) is 4.84 Å². The summed E-state index contributed by atoms with van der Waals surface area (Å²) in [4.78, 5) is 24.4. The number of hydrogen-bond acceptors (Lipinski definition) is 4. The van der Waals surface area contributed by atoms with E-state index in [9.17, 15) is 9.59 Å². The molecule has 0 bridgehead atoms. The molecule has 0 spiro atoms. The van der Waals surface area contributed by atoms with Crippen LogP contribution in [0.25, 0.3) is 0 Å². The van der Waals surface area contributed by atoms with Gasteiger partial charge in [-0.05, 0) is 31.5 Å². The van der Waals surface area contributed by atoms with E-state index in [1.165, 1.54) is 0 Å². The zero-order valence-corrected chi connectivity index (χ0v) is 10.3. The maximum atomic E-state index is 11.1. The van der Waals surface area contributed by atoms with Crippen LogP contribution >= 0.6 is 11.8 Å². The van der Waals surface area contributed by atoms with E-state index in [-0.39, 0.29) is 31.1 Å². The van der Waals surface area contributed by atoms with Crippen molar-refractivity contribution < 1.29 is 14.3 Å². The number of hydrogen-bond donors (Lipinski definition) is 1. The van der Waals surface area contributed by atoms with Crippen molar-refractivity contribution in [2.75, 3.05) is 13.2 Å². The van der Waals surface area contributed by atoms with E-state index in [1.54, 1.807) is 0 Å². The lowest BCUT2D eigenvalue weighted by atomic mass is 10.2. The van der Waals surface area contributed by atoms with Crippen LogP contribution in [0.4, 0.5) is 0 Å². The van der Waals surface area contributed by atoms with Crippen molar-refractivity contribution in [3.8, 4) is 0 Å². The Morgan fingerprint density at radius 3 is 2.75 bits per heavy atom. The van der Waals surface area contributed by atoms with E-state index in [0.717, 1.165) is 12.8 Å². The van der Waals surface area contributed by atoms with Gasteiger partial charge in [-0.2, -0.15) is 0 Å². The van der Waals surface area contributed by atoms with Crippen molar-refractivity contribution in [2.45, 2.75) is 32.6 Å². The molecule has 1 N–H and O–H groups in total. The van der Waals surface area contributed by atoms with Crippen LogP contribution in [0.15, 0.2) is 12.2 Å². The van der Waals surface area contributed by atoms with Crippen molar-refractivity contribution in [1.29, 1.82) is 0 Å². The van der Waals surface area contributed by atoms with Gasteiger partial charge in [0.05, 0.1) is 19.6 Å². The number of unbranched alkanes of at least 4 members (excludes halogenated alkanes) is 1. The highest BCUT2D eigenvalue weighted by Gasteiger charge is 2.07. The lowest BCUT2D eigenvalue weighted by Crippen LogP contribution is -2.16. The van der Waals surface area contributed by atoms with Crippen molar-refractivity contribution in [2.24, 2.45) is 0 Å². The molecular formula is C11H18ClNO3. The molecule has 0 heterocycles. The minimum absolute atomic E-state index is 0.0795. The van der Waals surface area contributed by atoms with Crippen LogP contribution in [0.2, 0.25) is 0 Å². The van der Waals surface area contributed by atoms with Crippen molar-refractivity contribution >= 4 is 23.5 Å². The number of Topliss-reactive ketones (excluding diaryl/α,β-unsaturated/α-hetero) is 1. The van der Waals surface area contributed by atoms with Gasteiger partial charge in [0.15, 0.2) is 0 Å². The van der Waals surface area contributed by atoms with Crippen molar-refractivity contribution in [1.82, 2.24) is 4.84 Å². The maximum Gasteiger partial charge on any atom is 0.306 e. The summed E-state index contributed by atoms with van der Waals surface area (Å²) in [6.07, 6.45) is 5.99. The number of allylic oxidation sites excluding steroid dienone is 2. The summed E-state index contributed by atoms with van der Waals surface area (Å²) < 4.78 is 4.94. The first kappa shape index (κ1) is 15.1. The van der Waals surface area contributed by atoms with Crippen molar-refractivity contribution in [3.63, 3.8) is 0 Å². The van der Waals surface area contributed by atoms with Gasteiger partial charge in [0.2, 0.25) is 0 Å².